The van der Waals surface area contributed by atoms with E-state index in [9.17, 15) is 20.2 Å². The summed E-state index contributed by atoms with van der Waals surface area (Å²) in [6.45, 7) is 11.3. The lowest BCUT2D eigenvalue weighted by molar-refractivity contribution is -0.393. The van der Waals surface area contributed by atoms with Crippen LogP contribution in [0.25, 0.3) is 0 Å². The van der Waals surface area contributed by atoms with Crippen molar-refractivity contribution >= 4 is 17.1 Å². The van der Waals surface area contributed by atoms with E-state index in [4.69, 9.17) is 42.6 Å². The summed E-state index contributed by atoms with van der Waals surface area (Å²) in [6, 6.07) is 3.43. The second-order valence-electron chi connectivity index (χ2n) is 8.08. The number of nitro groups is 2. The summed E-state index contributed by atoms with van der Waals surface area (Å²) in [7, 11) is 0. The third-order valence-corrected chi connectivity index (χ3v) is 5.02. The molecule has 16 nitrogen and oxygen atoms in total. The quantitative estimate of drug-likeness (QED) is 0.0563. The fourth-order valence-electron chi connectivity index (χ4n) is 3.02. The first-order valence-electron chi connectivity index (χ1n) is 13.6. The second kappa shape index (κ2) is 26.9. The standard InChI is InChI=1S/C26H43N3O13/c1-2-34-7-8-36-11-12-38-15-16-40-19-20-42-22-21-41-18-17-39-14-13-37-10-9-35-6-5-27-25-4-3-24(28(30)31)23-26(25)29(32)33/h2-4,23,27H,1,5-22H2. The molecule has 1 aromatic rings. The maximum absolute atomic E-state index is 11.1. The number of nitro benzene ring substituents is 2. The van der Waals surface area contributed by atoms with Gasteiger partial charge in [0.05, 0.1) is 128 Å². The Labute approximate surface area is 245 Å². The van der Waals surface area contributed by atoms with Crippen molar-refractivity contribution in [2.24, 2.45) is 0 Å². The number of hydrogen-bond acceptors (Lipinski definition) is 14. The van der Waals surface area contributed by atoms with Crippen LogP contribution in [0.3, 0.4) is 0 Å². The largest absolute Gasteiger partial charge is 0.499 e. The van der Waals surface area contributed by atoms with Crippen LogP contribution in [-0.4, -0.2) is 129 Å². The highest BCUT2D eigenvalue weighted by Gasteiger charge is 2.19. The van der Waals surface area contributed by atoms with Crippen molar-refractivity contribution < 1.29 is 52.5 Å². The minimum atomic E-state index is -0.682. The van der Waals surface area contributed by atoms with Crippen LogP contribution in [-0.2, 0) is 42.6 Å². The molecule has 1 N–H and O–H groups in total. The molecule has 16 heteroatoms. The van der Waals surface area contributed by atoms with Crippen molar-refractivity contribution in [3.8, 4) is 0 Å². The zero-order valence-electron chi connectivity index (χ0n) is 23.9. The van der Waals surface area contributed by atoms with Crippen LogP contribution in [0, 0.1) is 20.2 Å². The summed E-state index contributed by atoms with van der Waals surface area (Å²) in [5.74, 6) is 0. The first kappa shape index (κ1) is 37.1. The molecule has 0 aliphatic heterocycles. The number of ether oxygens (including phenoxy) is 9. The number of rotatable bonds is 31. The smallest absolute Gasteiger partial charge is 0.299 e. The average molecular weight is 606 g/mol. The molecule has 1 rings (SSSR count). The van der Waals surface area contributed by atoms with Gasteiger partial charge in [-0.3, -0.25) is 20.2 Å². The van der Waals surface area contributed by atoms with Gasteiger partial charge in [-0.1, -0.05) is 6.58 Å². The van der Waals surface area contributed by atoms with Crippen LogP contribution in [0.15, 0.2) is 31.0 Å². The van der Waals surface area contributed by atoms with E-state index in [0.29, 0.717) is 112 Å². The number of anilines is 1. The van der Waals surface area contributed by atoms with E-state index in [0.717, 1.165) is 6.07 Å². The van der Waals surface area contributed by atoms with E-state index in [1.807, 2.05) is 0 Å². The fraction of sp³-hybridized carbons (Fsp3) is 0.692. The van der Waals surface area contributed by atoms with Gasteiger partial charge in [-0.25, -0.2) is 0 Å². The summed E-state index contributed by atoms with van der Waals surface area (Å²) >= 11 is 0. The average Bonchev–Trinajstić information content (AvgIpc) is 2.98. The number of nitrogens with one attached hydrogen (secondary N) is 1. The summed E-state index contributed by atoms with van der Waals surface area (Å²) in [5.41, 5.74) is -0.522. The summed E-state index contributed by atoms with van der Waals surface area (Å²) in [6.07, 6.45) is 1.38. The molecular weight excluding hydrogens is 562 g/mol. The van der Waals surface area contributed by atoms with Gasteiger partial charge >= 0.3 is 0 Å². The zero-order chi connectivity index (χ0) is 30.5. The number of hydrogen-bond donors (Lipinski definition) is 1. The van der Waals surface area contributed by atoms with E-state index in [2.05, 4.69) is 11.9 Å². The van der Waals surface area contributed by atoms with Crippen molar-refractivity contribution in [2.75, 3.05) is 124 Å². The lowest BCUT2D eigenvalue weighted by Crippen LogP contribution is -2.15. The van der Waals surface area contributed by atoms with Gasteiger partial charge in [0.1, 0.15) is 12.3 Å². The second-order valence-corrected chi connectivity index (χ2v) is 8.08. The molecule has 0 fully saturated rings. The van der Waals surface area contributed by atoms with Gasteiger partial charge in [-0.05, 0) is 6.07 Å². The molecule has 0 radical (unpaired) electrons. The van der Waals surface area contributed by atoms with Gasteiger partial charge in [-0.2, -0.15) is 0 Å². The molecule has 0 heterocycles. The van der Waals surface area contributed by atoms with E-state index >= 15 is 0 Å². The highest BCUT2D eigenvalue weighted by Crippen LogP contribution is 2.28. The van der Waals surface area contributed by atoms with Crippen LogP contribution in [0.1, 0.15) is 0 Å². The molecule has 0 atom stereocenters. The van der Waals surface area contributed by atoms with E-state index in [-0.39, 0.29) is 23.7 Å². The molecule has 0 saturated carbocycles. The number of benzene rings is 1. The van der Waals surface area contributed by atoms with Gasteiger partial charge in [0, 0.05) is 12.6 Å². The summed E-state index contributed by atoms with van der Waals surface area (Å²) in [4.78, 5) is 20.5. The Morgan fingerprint density at radius 1 is 0.595 bits per heavy atom. The molecule has 1 aromatic carbocycles. The van der Waals surface area contributed by atoms with E-state index in [1.54, 1.807) is 0 Å². The van der Waals surface area contributed by atoms with Gasteiger partial charge in [-0.15, -0.1) is 0 Å². The van der Waals surface area contributed by atoms with Gasteiger partial charge < -0.3 is 47.9 Å². The molecule has 240 valence electrons. The van der Waals surface area contributed by atoms with Gasteiger partial charge in [0.15, 0.2) is 0 Å². The molecule has 0 aliphatic rings. The third-order valence-electron chi connectivity index (χ3n) is 5.02. The Bertz CT molecular complexity index is 848. The van der Waals surface area contributed by atoms with Gasteiger partial charge in [0.2, 0.25) is 0 Å². The monoisotopic (exact) mass is 605 g/mol. The molecule has 0 saturated heterocycles. The lowest BCUT2D eigenvalue weighted by atomic mass is 10.2. The Kier molecular flexibility index (Phi) is 23.7. The number of non-ortho nitro benzene ring substituents is 1. The zero-order valence-corrected chi connectivity index (χ0v) is 23.9. The maximum atomic E-state index is 11.1. The van der Waals surface area contributed by atoms with Crippen LogP contribution in [0.2, 0.25) is 0 Å². The fourth-order valence-corrected chi connectivity index (χ4v) is 3.02. The molecule has 0 aliphatic carbocycles. The predicted molar refractivity (Wildman–Crippen MR) is 151 cm³/mol. The van der Waals surface area contributed by atoms with Crippen LogP contribution < -0.4 is 5.32 Å². The molecule has 0 amide bonds. The number of nitrogens with zero attached hydrogens (tertiary/aromatic N) is 2. The first-order valence-corrected chi connectivity index (χ1v) is 13.6. The maximum Gasteiger partial charge on any atom is 0.299 e. The Hall–Kier alpha value is -2.96. The van der Waals surface area contributed by atoms with Crippen LogP contribution in [0.4, 0.5) is 17.1 Å². The Morgan fingerprint density at radius 3 is 1.33 bits per heavy atom. The van der Waals surface area contributed by atoms with Crippen LogP contribution in [0.5, 0.6) is 0 Å². The molecule has 0 bridgehead atoms. The molecule has 0 spiro atoms. The summed E-state index contributed by atoms with van der Waals surface area (Å²) in [5, 5.41) is 24.7. The highest BCUT2D eigenvalue weighted by molar-refractivity contribution is 5.65. The minimum Gasteiger partial charge on any atom is -0.499 e. The van der Waals surface area contributed by atoms with Crippen molar-refractivity contribution in [1.82, 2.24) is 0 Å². The molecular formula is C26H43N3O13. The first-order chi connectivity index (χ1) is 20.6. The molecule has 0 aromatic heterocycles. The van der Waals surface area contributed by atoms with E-state index < -0.39 is 9.85 Å². The van der Waals surface area contributed by atoms with Crippen molar-refractivity contribution in [1.29, 1.82) is 0 Å². The van der Waals surface area contributed by atoms with Gasteiger partial charge in [0.25, 0.3) is 11.4 Å². The van der Waals surface area contributed by atoms with Crippen molar-refractivity contribution in [3.63, 3.8) is 0 Å². The topological polar surface area (TPSA) is 181 Å². The predicted octanol–water partition coefficient (Wildman–Crippen LogP) is 2.21. The third kappa shape index (κ3) is 20.8. The van der Waals surface area contributed by atoms with E-state index in [1.165, 1.54) is 18.4 Å². The van der Waals surface area contributed by atoms with Crippen molar-refractivity contribution in [2.45, 2.75) is 0 Å². The summed E-state index contributed by atoms with van der Waals surface area (Å²) < 4.78 is 48.1. The SMILES string of the molecule is C=COCCOCCOCCOCCOCCOCCOCCOCCOCCNc1ccc([N+](=O)[O-])cc1[N+](=O)[O-]. The molecule has 42 heavy (non-hydrogen) atoms. The van der Waals surface area contributed by atoms with Crippen LogP contribution >= 0.6 is 0 Å². The minimum absolute atomic E-state index is 0.187. The highest BCUT2D eigenvalue weighted by atomic mass is 16.6. The van der Waals surface area contributed by atoms with Crippen molar-refractivity contribution in [3.05, 3.63) is 51.3 Å². The normalized spacial score (nSPS) is 11.0. The Balaban J connectivity index is 1.78. The molecule has 0 unspecified atom stereocenters. The lowest BCUT2D eigenvalue weighted by Gasteiger charge is -2.09. The Morgan fingerprint density at radius 2 is 0.976 bits per heavy atom.